The van der Waals surface area contributed by atoms with E-state index in [1.54, 1.807) is 18.0 Å². The molecule has 0 unspecified atom stereocenters. The molecule has 0 radical (unpaired) electrons. The largest absolute Gasteiger partial charge is 0.325 e. The Hall–Kier alpha value is -2.85. The van der Waals surface area contributed by atoms with Gasteiger partial charge in [-0.25, -0.2) is 0 Å². The number of pyridine rings is 1. The van der Waals surface area contributed by atoms with Crippen molar-refractivity contribution in [3.05, 3.63) is 95.3 Å². The number of aryl methyl sites for hydroxylation is 1. The first-order valence-electron chi connectivity index (χ1n) is 8.81. The summed E-state index contributed by atoms with van der Waals surface area (Å²) in [5, 5.41) is 2.97. The monoisotopic (exact) mass is 374 g/mol. The van der Waals surface area contributed by atoms with Gasteiger partial charge in [-0.05, 0) is 48.4 Å². The number of rotatable bonds is 7. The lowest BCUT2D eigenvalue weighted by Gasteiger charge is -2.06. The van der Waals surface area contributed by atoms with Gasteiger partial charge in [0.05, 0.1) is 11.4 Å². The van der Waals surface area contributed by atoms with Gasteiger partial charge in [0, 0.05) is 17.6 Å². The maximum atomic E-state index is 12.2. The zero-order chi connectivity index (χ0) is 18.9. The summed E-state index contributed by atoms with van der Waals surface area (Å²) in [5.41, 5.74) is 5.22. The average molecular weight is 375 g/mol. The highest BCUT2D eigenvalue weighted by Crippen LogP contribution is 2.16. The van der Waals surface area contributed by atoms with Crippen LogP contribution < -0.4 is 5.32 Å². The van der Waals surface area contributed by atoms with Crippen molar-refractivity contribution in [3.8, 4) is 0 Å². The fourth-order valence-electron chi connectivity index (χ4n) is 2.64. The molecule has 0 aliphatic heterocycles. The fraction of sp³-hybridized carbons (Fsp3) is 0.130. The van der Waals surface area contributed by atoms with E-state index in [9.17, 15) is 4.79 Å². The van der Waals surface area contributed by atoms with Gasteiger partial charge in [0.15, 0.2) is 0 Å². The number of benzene rings is 2. The first kappa shape index (κ1) is 18.9. The van der Waals surface area contributed by atoms with Crippen LogP contribution >= 0.6 is 11.8 Å². The Morgan fingerprint density at radius 3 is 2.74 bits per heavy atom. The van der Waals surface area contributed by atoms with Gasteiger partial charge >= 0.3 is 0 Å². The summed E-state index contributed by atoms with van der Waals surface area (Å²) >= 11 is 1.62. The highest BCUT2D eigenvalue weighted by Gasteiger charge is 2.04. The summed E-state index contributed by atoms with van der Waals surface area (Å²) < 4.78 is 0. The molecule has 0 atom stereocenters. The Balaban J connectivity index is 1.51. The predicted octanol–water partition coefficient (Wildman–Crippen LogP) is 5.43. The van der Waals surface area contributed by atoms with Crippen molar-refractivity contribution in [1.29, 1.82) is 0 Å². The third-order valence-electron chi connectivity index (χ3n) is 3.89. The smallest absolute Gasteiger partial charge is 0.234 e. The van der Waals surface area contributed by atoms with E-state index in [1.165, 1.54) is 11.1 Å². The van der Waals surface area contributed by atoms with Crippen LogP contribution in [0.25, 0.3) is 12.2 Å². The van der Waals surface area contributed by atoms with E-state index in [2.05, 4.69) is 41.5 Å². The molecular weight excluding hydrogens is 352 g/mol. The summed E-state index contributed by atoms with van der Waals surface area (Å²) in [5.74, 6) is 1.28. The summed E-state index contributed by atoms with van der Waals surface area (Å²) in [7, 11) is 0. The number of thioether (sulfide) groups is 1. The molecule has 27 heavy (non-hydrogen) atoms. The van der Waals surface area contributed by atoms with Crippen LogP contribution in [-0.2, 0) is 10.5 Å². The molecule has 0 saturated carbocycles. The molecule has 1 aromatic heterocycles. The summed E-state index contributed by atoms with van der Waals surface area (Å²) in [6.45, 7) is 2.08. The van der Waals surface area contributed by atoms with Crippen LogP contribution in [0.15, 0.2) is 72.9 Å². The van der Waals surface area contributed by atoms with Crippen LogP contribution in [0, 0.1) is 6.92 Å². The van der Waals surface area contributed by atoms with Gasteiger partial charge in [0.2, 0.25) is 5.91 Å². The van der Waals surface area contributed by atoms with Crippen LogP contribution in [0.3, 0.4) is 0 Å². The van der Waals surface area contributed by atoms with E-state index >= 15 is 0 Å². The number of nitrogens with one attached hydrogen (secondary N) is 1. The lowest BCUT2D eigenvalue weighted by molar-refractivity contribution is -0.113. The molecule has 3 rings (SSSR count). The average Bonchev–Trinajstić information content (AvgIpc) is 2.68. The zero-order valence-corrected chi connectivity index (χ0v) is 16.1. The second kappa shape index (κ2) is 9.74. The van der Waals surface area contributed by atoms with E-state index < -0.39 is 0 Å². The lowest BCUT2D eigenvalue weighted by Crippen LogP contribution is -2.14. The van der Waals surface area contributed by atoms with Crippen LogP contribution in [-0.4, -0.2) is 16.6 Å². The molecule has 0 aliphatic carbocycles. The van der Waals surface area contributed by atoms with Gasteiger partial charge in [-0.15, -0.1) is 11.8 Å². The van der Waals surface area contributed by atoms with E-state index in [1.807, 2.05) is 54.6 Å². The van der Waals surface area contributed by atoms with Gasteiger partial charge in [0.1, 0.15) is 0 Å². The second-order valence-electron chi connectivity index (χ2n) is 6.24. The molecular formula is C23H22N2OS. The standard InChI is InChI=1S/C23H22N2OS/c1-18-6-4-8-20(14-18)16-27-17-23(26)25-22-10-5-7-19(15-22)11-12-21-9-2-3-13-24-21/h2-15H,16-17H2,1H3,(H,25,26)/b12-11+. The minimum absolute atomic E-state index is 0.0125. The summed E-state index contributed by atoms with van der Waals surface area (Å²) in [4.78, 5) is 16.5. The maximum Gasteiger partial charge on any atom is 0.234 e. The van der Waals surface area contributed by atoms with Crippen molar-refractivity contribution in [2.24, 2.45) is 0 Å². The topological polar surface area (TPSA) is 42.0 Å². The Morgan fingerprint density at radius 1 is 1.04 bits per heavy atom. The van der Waals surface area contributed by atoms with Gasteiger partial charge in [0.25, 0.3) is 0 Å². The number of carbonyl (C=O) groups is 1. The molecule has 136 valence electrons. The predicted molar refractivity (Wildman–Crippen MR) is 116 cm³/mol. The Morgan fingerprint density at radius 2 is 1.93 bits per heavy atom. The van der Waals surface area contributed by atoms with Gasteiger partial charge in [-0.3, -0.25) is 9.78 Å². The molecule has 1 N–H and O–H groups in total. The maximum absolute atomic E-state index is 12.2. The molecule has 4 heteroatoms. The van der Waals surface area contributed by atoms with Crippen molar-refractivity contribution in [2.45, 2.75) is 12.7 Å². The number of aromatic nitrogens is 1. The number of carbonyl (C=O) groups excluding carboxylic acids is 1. The highest BCUT2D eigenvalue weighted by atomic mass is 32.2. The Kier molecular flexibility index (Phi) is 6.83. The number of nitrogens with zero attached hydrogens (tertiary/aromatic N) is 1. The van der Waals surface area contributed by atoms with Gasteiger partial charge in [-0.1, -0.05) is 54.1 Å². The molecule has 1 amide bonds. The quantitative estimate of drug-likeness (QED) is 0.599. The highest BCUT2D eigenvalue weighted by molar-refractivity contribution is 7.99. The fourth-order valence-corrected chi connectivity index (χ4v) is 3.41. The van der Waals surface area contributed by atoms with Crippen molar-refractivity contribution in [1.82, 2.24) is 4.98 Å². The molecule has 2 aromatic carbocycles. The molecule has 0 aliphatic rings. The SMILES string of the molecule is Cc1cccc(CSCC(=O)Nc2cccc(/C=C/c3ccccn3)c2)c1. The lowest BCUT2D eigenvalue weighted by atomic mass is 10.1. The van der Waals surface area contributed by atoms with Gasteiger partial charge in [-0.2, -0.15) is 0 Å². The summed E-state index contributed by atoms with van der Waals surface area (Å²) in [6.07, 6.45) is 5.72. The van der Waals surface area contributed by atoms with Crippen LogP contribution in [0.5, 0.6) is 0 Å². The summed E-state index contributed by atoms with van der Waals surface area (Å²) in [6, 6.07) is 22.0. The van der Waals surface area contributed by atoms with E-state index in [4.69, 9.17) is 0 Å². The van der Waals surface area contributed by atoms with Crippen molar-refractivity contribution in [2.75, 3.05) is 11.1 Å². The van der Waals surface area contributed by atoms with Gasteiger partial charge < -0.3 is 5.32 Å². The molecule has 3 aromatic rings. The molecule has 0 saturated heterocycles. The zero-order valence-electron chi connectivity index (χ0n) is 15.3. The Labute approximate surface area is 164 Å². The van der Waals surface area contributed by atoms with Crippen molar-refractivity contribution in [3.63, 3.8) is 0 Å². The number of amides is 1. The molecule has 0 bridgehead atoms. The Bertz CT molecular complexity index is 922. The normalized spacial score (nSPS) is 10.9. The third kappa shape index (κ3) is 6.42. The van der Waals surface area contributed by atoms with E-state index in [-0.39, 0.29) is 5.91 Å². The molecule has 3 nitrogen and oxygen atoms in total. The van der Waals surface area contributed by atoms with Crippen LogP contribution in [0.1, 0.15) is 22.4 Å². The molecule has 0 spiro atoms. The van der Waals surface area contributed by atoms with E-state index in [0.29, 0.717) is 5.75 Å². The van der Waals surface area contributed by atoms with Crippen LogP contribution in [0.2, 0.25) is 0 Å². The molecule has 0 fully saturated rings. The van der Waals surface area contributed by atoms with E-state index in [0.717, 1.165) is 22.7 Å². The number of anilines is 1. The third-order valence-corrected chi connectivity index (χ3v) is 4.89. The van der Waals surface area contributed by atoms with Crippen molar-refractivity contribution < 1.29 is 4.79 Å². The first-order chi connectivity index (χ1) is 13.2. The van der Waals surface area contributed by atoms with Crippen molar-refractivity contribution >= 4 is 35.5 Å². The van der Waals surface area contributed by atoms with Crippen LogP contribution in [0.4, 0.5) is 5.69 Å². The second-order valence-corrected chi connectivity index (χ2v) is 7.23. The molecule has 1 heterocycles. The minimum Gasteiger partial charge on any atom is -0.325 e. The minimum atomic E-state index is 0.0125. The first-order valence-corrected chi connectivity index (χ1v) is 9.97. The number of hydrogen-bond acceptors (Lipinski definition) is 3. The number of hydrogen-bond donors (Lipinski definition) is 1.